The van der Waals surface area contributed by atoms with E-state index >= 15 is 0 Å². The first-order valence-electron chi connectivity index (χ1n) is 11.1. The minimum atomic E-state index is -4.67. The van der Waals surface area contributed by atoms with Crippen LogP contribution in [0.25, 0.3) is 10.4 Å². The summed E-state index contributed by atoms with van der Waals surface area (Å²) in [6.07, 6.45) is -5.87. The Labute approximate surface area is 210 Å². The second-order valence-corrected chi connectivity index (χ2v) is 9.80. The van der Waals surface area contributed by atoms with Gasteiger partial charge in [0.25, 0.3) is 0 Å². The number of nitrogens with two attached hydrogens (primary N) is 1. The number of nitrogens with zero attached hydrogens (tertiary/aromatic N) is 1. The third kappa shape index (κ3) is 6.92. The molecule has 0 aliphatic heterocycles. The first-order valence-corrected chi connectivity index (χ1v) is 11.9. The van der Waals surface area contributed by atoms with E-state index in [2.05, 4.69) is 4.99 Å². The van der Waals surface area contributed by atoms with E-state index in [0.717, 1.165) is 27.5 Å². The SMILES string of the molecule is Cc1ccc(-c2ccc(CC(OC(C)C)C(=O)O)cc2CN=C(N)c2ccc(C(F)(F)F)cc2F)s1. The number of hydrogen-bond donors (Lipinski definition) is 2. The summed E-state index contributed by atoms with van der Waals surface area (Å²) in [6, 6.07) is 11.5. The Morgan fingerprint density at radius 3 is 2.42 bits per heavy atom. The molecule has 1 aromatic heterocycles. The number of amidine groups is 1. The lowest BCUT2D eigenvalue weighted by Gasteiger charge is -2.17. The standard InChI is InChI=1S/C26H26F4N2O3S/c1-14(2)35-22(25(33)34)11-16-5-7-19(23-9-4-15(3)36-23)17(10-16)13-32-24(31)20-8-6-18(12-21(20)27)26(28,29)30/h4-10,12,14,22H,11,13H2,1-3H3,(H2,31,32)(H,33,34). The number of alkyl halides is 3. The molecule has 36 heavy (non-hydrogen) atoms. The topological polar surface area (TPSA) is 84.9 Å². The van der Waals surface area contributed by atoms with Crippen molar-refractivity contribution in [3.05, 3.63) is 81.5 Å². The lowest BCUT2D eigenvalue weighted by atomic mass is 9.99. The van der Waals surface area contributed by atoms with Gasteiger partial charge in [-0.05, 0) is 67.8 Å². The normalized spacial score (nSPS) is 13.3. The molecule has 0 fully saturated rings. The second-order valence-electron chi connectivity index (χ2n) is 8.51. The number of carbonyl (C=O) groups is 1. The minimum absolute atomic E-state index is 0.00912. The van der Waals surface area contributed by atoms with Gasteiger partial charge in [-0.2, -0.15) is 13.2 Å². The molecule has 1 heterocycles. The molecule has 5 nitrogen and oxygen atoms in total. The third-order valence-corrected chi connectivity index (χ3v) is 6.33. The Morgan fingerprint density at radius 1 is 1.14 bits per heavy atom. The molecule has 0 spiro atoms. The fourth-order valence-electron chi connectivity index (χ4n) is 3.62. The summed E-state index contributed by atoms with van der Waals surface area (Å²) in [4.78, 5) is 17.9. The molecule has 0 aliphatic rings. The number of hydrogen-bond acceptors (Lipinski definition) is 4. The summed E-state index contributed by atoms with van der Waals surface area (Å²) in [5.41, 5.74) is 6.85. The van der Waals surface area contributed by atoms with Gasteiger partial charge in [-0.15, -0.1) is 11.3 Å². The smallest absolute Gasteiger partial charge is 0.416 e. The zero-order valence-corrected chi connectivity index (χ0v) is 20.7. The van der Waals surface area contributed by atoms with E-state index in [0.29, 0.717) is 17.2 Å². The van der Waals surface area contributed by atoms with Crippen molar-refractivity contribution in [1.82, 2.24) is 0 Å². The zero-order chi connectivity index (χ0) is 26.6. The predicted molar refractivity (Wildman–Crippen MR) is 132 cm³/mol. The van der Waals surface area contributed by atoms with Crippen LogP contribution in [0.4, 0.5) is 17.6 Å². The quantitative estimate of drug-likeness (QED) is 0.199. The fraction of sp³-hybridized carbons (Fsp3) is 0.308. The summed E-state index contributed by atoms with van der Waals surface area (Å²) in [5.74, 6) is -2.45. The maximum absolute atomic E-state index is 14.4. The number of thiophene rings is 1. The number of benzene rings is 2. The van der Waals surface area contributed by atoms with Crippen LogP contribution in [0.1, 0.15) is 41.0 Å². The summed E-state index contributed by atoms with van der Waals surface area (Å²) in [6.45, 7) is 5.48. The van der Waals surface area contributed by atoms with Gasteiger partial charge in [0.15, 0.2) is 6.10 Å². The summed E-state index contributed by atoms with van der Waals surface area (Å²) in [5, 5.41) is 9.52. The Balaban J connectivity index is 1.95. The number of aliphatic carboxylic acids is 1. The first kappa shape index (κ1) is 27.3. The molecule has 3 aromatic rings. The van der Waals surface area contributed by atoms with Crippen LogP contribution in [0.15, 0.2) is 53.5 Å². The van der Waals surface area contributed by atoms with E-state index in [9.17, 15) is 27.5 Å². The molecule has 0 bridgehead atoms. The van der Waals surface area contributed by atoms with Gasteiger partial charge in [0.05, 0.1) is 23.8 Å². The van der Waals surface area contributed by atoms with Crippen molar-refractivity contribution in [3.63, 3.8) is 0 Å². The molecular weight excluding hydrogens is 496 g/mol. The van der Waals surface area contributed by atoms with Crippen molar-refractivity contribution >= 4 is 23.1 Å². The highest BCUT2D eigenvalue weighted by atomic mass is 32.1. The maximum atomic E-state index is 14.4. The van der Waals surface area contributed by atoms with Crippen LogP contribution in [0.3, 0.4) is 0 Å². The summed E-state index contributed by atoms with van der Waals surface area (Å²) < 4.78 is 58.4. The fourth-order valence-corrected chi connectivity index (χ4v) is 4.54. The van der Waals surface area contributed by atoms with Gasteiger partial charge in [-0.3, -0.25) is 4.99 Å². The van der Waals surface area contributed by atoms with Gasteiger partial charge in [-0.1, -0.05) is 18.2 Å². The highest BCUT2D eigenvalue weighted by Crippen LogP contribution is 2.33. The lowest BCUT2D eigenvalue weighted by molar-refractivity contribution is -0.153. The maximum Gasteiger partial charge on any atom is 0.416 e. The number of carboxylic acids is 1. The molecule has 1 atom stereocenters. The van der Waals surface area contributed by atoms with Crippen LogP contribution >= 0.6 is 11.3 Å². The van der Waals surface area contributed by atoms with Gasteiger partial charge in [0.2, 0.25) is 0 Å². The number of carboxylic acid groups (broad SMARTS) is 1. The molecule has 0 radical (unpaired) electrons. The van der Waals surface area contributed by atoms with E-state index in [1.165, 1.54) is 0 Å². The molecule has 0 aliphatic carbocycles. The first-order chi connectivity index (χ1) is 16.8. The number of halogens is 4. The van der Waals surface area contributed by atoms with Gasteiger partial charge < -0.3 is 15.6 Å². The molecule has 10 heteroatoms. The zero-order valence-electron chi connectivity index (χ0n) is 19.9. The van der Waals surface area contributed by atoms with Crippen LogP contribution in [0.5, 0.6) is 0 Å². The Bertz CT molecular complexity index is 1270. The Morgan fingerprint density at radius 2 is 1.86 bits per heavy atom. The number of ether oxygens (including phenoxy) is 1. The predicted octanol–water partition coefficient (Wildman–Crippen LogP) is 6.21. The number of aliphatic imine (C=N–C) groups is 1. The Kier molecular flexibility index (Phi) is 8.52. The molecule has 3 rings (SSSR count). The van der Waals surface area contributed by atoms with Crippen LogP contribution in [-0.2, 0) is 28.7 Å². The van der Waals surface area contributed by atoms with Crippen LogP contribution in [0, 0.1) is 12.7 Å². The molecule has 0 saturated carbocycles. The van der Waals surface area contributed by atoms with Crippen molar-refractivity contribution in [2.45, 2.75) is 52.1 Å². The van der Waals surface area contributed by atoms with Gasteiger partial charge in [-0.25, -0.2) is 9.18 Å². The third-order valence-electron chi connectivity index (χ3n) is 5.30. The second kappa shape index (κ2) is 11.2. The van der Waals surface area contributed by atoms with E-state index in [-0.39, 0.29) is 30.5 Å². The van der Waals surface area contributed by atoms with E-state index < -0.39 is 29.6 Å². The Hall–Kier alpha value is -3.24. The average Bonchev–Trinajstić information content (AvgIpc) is 3.22. The molecular formula is C26H26F4N2O3S. The highest BCUT2D eigenvalue weighted by Gasteiger charge is 2.31. The molecule has 192 valence electrons. The van der Waals surface area contributed by atoms with Crippen LogP contribution in [-0.4, -0.2) is 29.1 Å². The molecule has 0 saturated heterocycles. The van der Waals surface area contributed by atoms with E-state index in [1.54, 1.807) is 31.3 Å². The number of rotatable bonds is 9. The van der Waals surface area contributed by atoms with Gasteiger partial charge >= 0.3 is 12.1 Å². The molecule has 3 N–H and O–H groups in total. The van der Waals surface area contributed by atoms with Crippen LogP contribution in [0.2, 0.25) is 0 Å². The molecule has 2 aromatic carbocycles. The molecule has 1 unspecified atom stereocenters. The highest BCUT2D eigenvalue weighted by molar-refractivity contribution is 7.15. The molecule has 0 amide bonds. The lowest BCUT2D eigenvalue weighted by Crippen LogP contribution is -2.29. The van der Waals surface area contributed by atoms with Crippen molar-refractivity contribution in [2.24, 2.45) is 10.7 Å². The van der Waals surface area contributed by atoms with Crippen molar-refractivity contribution in [2.75, 3.05) is 0 Å². The average molecular weight is 523 g/mol. The van der Waals surface area contributed by atoms with Crippen molar-refractivity contribution in [1.29, 1.82) is 0 Å². The monoisotopic (exact) mass is 522 g/mol. The van der Waals surface area contributed by atoms with E-state index in [1.807, 2.05) is 31.2 Å². The largest absolute Gasteiger partial charge is 0.479 e. The summed E-state index contributed by atoms with van der Waals surface area (Å²) in [7, 11) is 0. The van der Waals surface area contributed by atoms with Gasteiger partial charge in [0, 0.05) is 16.2 Å². The van der Waals surface area contributed by atoms with E-state index in [4.69, 9.17) is 10.5 Å². The minimum Gasteiger partial charge on any atom is -0.479 e. The van der Waals surface area contributed by atoms with Gasteiger partial charge in [0.1, 0.15) is 11.7 Å². The van der Waals surface area contributed by atoms with Crippen molar-refractivity contribution < 1.29 is 32.2 Å². The summed E-state index contributed by atoms with van der Waals surface area (Å²) >= 11 is 1.56. The number of aryl methyl sites for hydroxylation is 1. The van der Waals surface area contributed by atoms with Crippen LogP contribution < -0.4 is 5.73 Å². The van der Waals surface area contributed by atoms with Crippen molar-refractivity contribution in [3.8, 4) is 10.4 Å².